The van der Waals surface area contributed by atoms with Crippen molar-refractivity contribution in [2.45, 2.75) is 25.8 Å². The summed E-state index contributed by atoms with van der Waals surface area (Å²) in [7, 11) is -3.17. The Labute approximate surface area is 103 Å². The van der Waals surface area contributed by atoms with E-state index in [-0.39, 0.29) is 17.7 Å². The number of sulfonamides is 1. The average Bonchev–Trinajstić information content (AvgIpc) is 2.73. The van der Waals surface area contributed by atoms with Crippen molar-refractivity contribution >= 4 is 10.0 Å². The van der Waals surface area contributed by atoms with Crippen LogP contribution in [0.1, 0.15) is 19.8 Å². The maximum Gasteiger partial charge on any atom is 0.212 e. The SMILES string of the molecule is CC1CCNCC1NS(=O)(=O)CC1CCOC1. The third-order valence-electron chi connectivity index (χ3n) is 3.64. The first-order valence-electron chi connectivity index (χ1n) is 6.35. The van der Waals surface area contributed by atoms with Crippen LogP contribution in [-0.2, 0) is 14.8 Å². The van der Waals surface area contributed by atoms with Gasteiger partial charge in [0.05, 0.1) is 12.4 Å². The van der Waals surface area contributed by atoms with Crippen LogP contribution in [0, 0.1) is 11.8 Å². The molecule has 2 rings (SSSR count). The second-order valence-electron chi connectivity index (χ2n) is 5.21. The zero-order valence-corrected chi connectivity index (χ0v) is 11.1. The maximum atomic E-state index is 12.0. The van der Waals surface area contributed by atoms with Gasteiger partial charge in [-0.3, -0.25) is 0 Å². The summed E-state index contributed by atoms with van der Waals surface area (Å²) in [5.41, 5.74) is 0. The minimum Gasteiger partial charge on any atom is -0.381 e. The van der Waals surface area contributed by atoms with E-state index in [4.69, 9.17) is 4.74 Å². The van der Waals surface area contributed by atoms with E-state index >= 15 is 0 Å². The summed E-state index contributed by atoms with van der Waals surface area (Å²) in [4.78, 5) is 0. The molecule has 6 heteroatoms. The van der Waals surface area contributed by atoms with Crippen LogP contribution in [0.3, 0.4) is 0 Å². The fraction of sp³-hybridized carbons (Fsp3) is 1.00. The Hall–Kier alpha value is -0.170. The fourth-order valence-electron chi connectivity index (χ4n) is 2.45. The first kappa shape index (κ1) is 13.3. The topological polar surface area (TPSA) is 67.4 Å². The number of rotatable bonds is 4. The predicted octanol–water partition coefficient (Wildman–Crippen LogP) is -0.0597. The highest BCUT2D eigenvalue weighted by atomic mass is 32.2. The van der Waals surface area contributed by atoms with Crippen LogP contribution in [0.5, 0.6) is 0 Å². The van der Waals surface area contributed by atoms with Crippen molar-refractivity contribution in [1.29, 1.82) is 0 Å². The molecule has 2 fully saturated rings. The number of ether oxygens (including phenoxy) is 1. The maximum absolute atomic E-state index is 12.0. The second kappa shape index (κ2) is 5.65. The third-order valence-corrected chi connectivity index (χ3v) is 5.21. The van der Waals surface area contributed by atoms with Crippen LogP contribution in [-0.4, -0.2) is 46.5 Å². The van der Waals surface area contributed by atoms with E-state index in [1.807, 2.05) is 0 Å². The Morgan fingerprint density at radius 3 is 2.88 bits per heavy atom. The van der Waals surface area contributed by atoms with Crippen LogP contribution in [0.25, 0.3) is 0 Å². The van der Waals surface area contributed by atoms with E-state index in [9.17, 15) is 8.42 Å². The molecule has 5 nitrogen and oxygen atoms in total. The quantitative estimate of drug-likeness (QED) is 0.745. The molecular formula is C11H22N2O3S. The summed E-state index contributed by atoms with van der Waals surface area (Å²) >= 11 is 0. The van der Waals surface area contributed by atoms with Crippen molar-refractivity contribution in [3.8, 4) is 0 Å². The highest BCUT2D eigenvalue weighted by Gasteiger charge is 2.28. The molecule has 17 heavy (non-hydrogen) atoms. The molecule has 0 amide bonds. The first-order chi connectivity index (χ1) is 8.07. The lowest BCUT2D eigenvalue weighted by Gasteiger charge is -2.30. The number of hydrogen-bond donors (Lipinski definition) is 2. The molecule has 0 aromatic rings. The standard InChI is InChI=1S/C11H22N2O3S/c1-9-2-4-12-6-11(9)13-17(14,15)8-10-3-5-16-7-10/h9-13H,2-8H2,1H3. The van der Waals surface area contributed by atoms with Gasteiger partial charge in [-0.05, 0) is 31.2 Å². The van der Waals surface area contributed by atoms with Gasteiger partial charge in [-0.15, -0.1) is 0 Å². The Morgan fingerprint density at radius 1 is 1.41 bits per heavy atom. The lowest BCUT2D eigenvalue weighted by molar-refractivity contribution is 0.188. The molecule has 0 aliphatic carbocycles. The first-order valence-corrected chi connectivity index (χ1v) is 8.00. The van der Waals surface area contributed by atoms with Crippen LogP contribution in [0.2, 0.25) is 0 Å². The van der Waals surface area contributed by atoms with Gasteiger partial charge in [0.1, 0.15) is 0 Å². The summed E-state index contributed by atoms with van der Waals surface area (Å²) in [6, 6.07) is 0.0380. The normalized spacial score (nSPS) is 35.0. The van der Waals surface area contributed by atoms with Gasteiger partial charge in [-0.2, -0.15) is 0 Å². The van der Waals surface area contributed by atoms with Gasteiger partial charge in [-0.1, -0.05) is 6.92 Å². The zero-order chi connectivity index (χ0) is 12.3. The molecule has 2 aliphatic rings. The van der Waals surface area contributed by atoms with Crippen molar-refractivity contribution in [2.75, 3.05) is 32.1 Å². The van der Waals surface area contributed by atoms with Gasteiger partial charge in [0, 0.05) is 19.2 Å². The molecule has 0 aromatic carbocycles. The fourth-order valence-corrected chi connectivity index (χ4v) is 4.21. The molecule has 0 aromatic heterocycles. The lowest BCUT2D eigenvalue weighted by atomic mass is 9.96. The van der Waals surface area contributed by atoms with Crippen molar-refractivity contribution < 1.29 is 13.2 Å². The Balaban J connectivity index is 1.87. The van der Waals surface area contributed by atoms with Gasteiger partial charge in [-0.25, -0.2) is 13.1 Å². The van der Waals surface area contributed by atoms with Gasteiger partial charge in [0.15, 0.2) is 0 Å². The number of nitrogens with one attached hydrogen (secondary N) is 2. The monoisotopic (exact) mass is 262 g/mol. The average molecular weight is 262 g/mol. The molecule has 3 unspecified atom stereocenters. The number of piperidine rings is 1. The molecule has 0 saturated carbocycles. The minimum atomic E-state index is -3.17. The second-order valence-corrected chi connectivity index (χ2v) is 7.00. The Kier molecular flexibility index (Phi) is 4.41. The Morgan fingerprint density at radius 2 is 2.24 bits per heavy atom. The van der Waals surface area contributed by atoms with E-state index < -0.39 is 10.0 Å². The molecule has 2 heterocycles. The van der Waals surface area contributed by atoms with Crippen LogP contribution in [0.15, 0.2) is 0 Å². The van der Waals surface area contributed by atoms with Gasteiger partial charge >= 0.3 is 0 Å². The van der Waals surface area contributed by atoms with Gasteiger partial charge < -0.3 is 10.1 Å². The minimum absolute atomic E-state index is 0.0380. The van der Waals surface area contributed by atoms with E-state index in [1.165, 1.54) is 0 Å². The highest BCUT2D eigenvalue weighted by molar-refractivity contribution is 7.89. The smallest absolute Gasteiger partial charge is 0.212 e. The van der Waals surface area contributed by atoms with Gasteiger partial charge in [0.2, 0.25) is 10.0 Å². The molecule has 2 aliphatic heterocycles. The lowest BCUT2D eigenvalue weighted by Crippen LogP contribution is -2.51. The predicted molar refractivity (Wildman–Crippen MR) is 66.3 cm³/mol. The van der Waals surface area contributed by atoms with E-state index in [0.29, 0.717) is 19.1 Å². The molecule has 100 valence electrons. The van der Waals surface area contributed by atoms with Gasteiger partial charge in [0.25, 0.3) is 0 Å². The summed E-state index contributed by atoms with van der Waals surface area (Å²) in [5, 5.41) is 3.23. The molecule has 0 radical (unpaired) electrons. The zero-order valence-electron chi connectivity index (χ0n) is 10.3. The highest BCUT2D eigenvalue weighted by Crippen LogP contribution is 2.16. The van der Waals surface area contributed by atoms with E-state index in [0.717, 1.165) is 25.9 Å². The number of hydrogen-bond acceptors (Lipinski definition) is 4. The summed E-state index contributed by atoms with van der Waals surface area (Å²) in [6.45, 7) is 5.10. The van der Waals surface area contributed by atoms with Crippen LogP contribution < -0.4 is 10.0 Å². The van der Waals surface area contributed by atoms with Crippen molar-refractivity contribution in [3.63, 3.8) is 0 Å². The van der Waals surface area contributed by atoms with Crippen molar-refractivity contribution in [2.24, 2.45) is 11.8 Å². The molecule has 3 atom stereocenters. The van der Waals surface area contributed by atoms with Crippen molar-refractivity contribution in [1.82, 2.24) is 10.0 Å². The van der Waals surface area contributed by atoms with Crippen LogP contribution >= 0.6 is 0 Å². The van der Waals surface area contributed by atoms with E-state index in [1.54, 1.807) is 0 Å². The molecule has 2 saturated heterocycles. The van der Waals surface area contributed by atoms with Crippen LogP contribution in [0.4, 0.5) is 0 Å². The van der Waals surface area contributed by atoms with E-state index in [2.05, 4.69) is 17.0 Å². The third kappa shape index (κ3) is 3.91. The summed E-state index contributed by atoms with van der Waals surface area (Å²) < 4.78 is 32.0. The molecule has 0 bridgehead atoms. The Bertz CT molecular complexity index is 339. The molecule has 2 N–H and O–H groups in total. The summed E-state index contributed by atoms with van der Waals surface area (Å²) in [5.74, 6) is 0.779. The largest absolute Gasteiger partial charge is 0.381 e. The molecular weight excluding hydrogens is 240 g/mol. The summed E-state index contributed by atoms with van der Waals surface area (Å²) in [6.07, 6.45) is 1.89. The molecule has 0 spiro atoms. The van der Waals surface area contributed by atoms with Crippen molar-refractivity contribution in [3.05, 3.63) is 0 Å².